The number of benzene rings is 1. The summed E-state index contributed by atoms with van der Waals surface area (Å²) in [7, 11) is 0. The summed E-state index contributed by atoms with van der Waals surface area (Å²) in [5.74, 6) is 0.0852. The van der Waals surface area contributed by atoms with Crippen molar-refractivity contribution in [1.29, 1.82) is 0 Å². The fraction of sp³-hybridized carbons (Fsp3) is 0.667. The molecule has 3 saturated heterocycles. The summed E-state index contributed by atoms with van der Waals surface area (Å²) in [5, 5.41) is 0. The van der Waals surface area contributed by atoms with Crippen molar-refractivity contribution in [3.63, 3.8) is 0 Å². The Hall–Kier alpha value is -1.43. The third-order valence-corrected chi connectivity index (χ3v) is 6.35. The number of hydrogen-bond acceptors (Lipinski definition) is 4. The molecular formula is C21H30N2O3. The predicted molar refractivity (Wildman–Crippen MR) is 99.9 cm³/mol. The van der Waals surface area contributed by atoms with E-state index < -0.39 is 6.10 Å². The average Bonchev–Trinajstić information content (AvgIpc) is 3.25. The monoisotopic (exact) mass is 358 g/mol. The highest BCUT2D eigenvalue weighted by atomic mass is 16.6. The lowest BCUT2D eigenvalue weighted by molar-refractivity contribution is -0.177. The molecule has 3 heterocycles. The van der Waals surface area contributed by atoms with Gasteiger partial charge >= 0.3 is 0 Å². The molecule has 0 saturated carbocycles. The van der Waals surface area contributed by atoms with Gasteiger partial charge in [-0.15, -0.1) is 0 Å². The maximum Gasteiger partial charge on any atom is 0.254 e. The van der Waals surface area contributed by atoms with Crippen LogP contribution in [0.5, 0.6) is 0 Å². The molecule has 2 atom stereocenters. The van der Waals surface area contributed by atoms with Gasteiger partial charge in [-0.25, -0.2) is 0 Å². The Morgan fingerprint density at radius 3 is 2.35 bits per heavy atom. The molecule has 0 aromatic heterocycles. The van der Waals surface area contributed by atoms with E-state index in [-0.39, 0.29) is 17.6 Å². The first-order valence-electron chi connectivity index (χ1n) is 9.99. The van der Waals surface area contributed by atoms with Crippen LogP contribution >= 0.6 is 0 Å². The largest absolute Gasteiger partial charge is 0.368 e. The number of likely N-dealkylation sites (tertiary alicyclic amines) is 2. The Balaban J connectivity index is 1.42. The Bertz CT molecular complexity index is 607. The number of amides is 1. The van der Waals surface area contributed by atoms with Crippen molar-refractivity contribution in [2.24, 2.45) is 0 Å². The Morgan fingerprint density at radius 1 is 1.00 bits per heavy atom. The first-order chi connectivity index (χ1) is 12.7. The van der Waals surface area contributed by atoms with Crippen molar-refractivity contribution in [2.75, 3.05) is 39.4 Å². The molecule has 3 aliphatic rings. The van der Waals surface area contributed by atoms with Crippen LogP contribution in [0.3, 0.4) is 0 Å². The number of hydrogen-bond donors (Lipinski definition) is 0. The van der Waals surface area contributed by atoms with Crippen LogP contribution in [0.15, 0.2) is 30.3 Å². The van der Waals surface area contributed by atoms with E-state index in [2.05, 4.69) is 11.8 Å². The van der Waals surface area contributed by atoms with Crippen LogP contribution in [0.25, 0.3) is 0 Å². The molecule has 5 heteroatoms. The van der Waals surface area contributed by atoms with Crippen LogP contribution in [-0.4, -0.2) is 66.7 Å². The summed E-state index contributed by atoms with van der Waals surface area (Å²) in [6.45, 7) is 7.43. The van der Waals surface area contributed by atoms with Crippen molar-refractivity contribution < 1.29 is 14.3 Å². The number of nitrogens with zero attached hydrogens (tertiary/aromatic N) is 2. The fourth-order valence-corrected chi connectivity index (χ4v) is 4.60. The van der Waals surface area contributed by atoms with E-state index in [1.54, 1.807) is 0 Å². The Kier molecular flexibility index (Phi) is 5.30. The molecular weight excluding hydrogens is 328 g/mol. The minimum Gasteiger partial charge on any atom is -0.368 e. The number of ether oxygens (including phenoxy) is 2. The molecule has 0 bridgehead atoms. The molecule has 0 N–H and O–H groups in total. The second-order valence-corrected chi connectivity index (χ2v) is 8.01. The number of carbonyl (C=O) groups excluding carboxylic acids is 1. The summed E-state index contributed by atoms with van der Waals surface area (Å²) < 4.78 is 11.8. The second-order valence-electron chi connectivity index (χ2n) is 8.01. The second kappa shape index (κ2) is 7.67. The molecule has 0 unspecified atom stereocenters. The van der Waals surface area contributed by atoms with Gasteiger partial charge in [-0.05, 0) is 51.3 Å². The first kappa shape index (κ1) is 18.0. The van der Waals surface area contributed by atoms with E-state index in [9.17, 15) is 4.79 Å². The minimum absolute atomic E-state index is 0.0852. The molecule has 0 spiro atoms. The molecule has 3 aliphatic heterocycles. The molecule has 142 valence electrons. The van der Waals surface area contributed by atoms with Gasteiger partial charge in [0.25, 0.3) is 5.91 Å². The van der Waals surface area contributed by atoms with Crippen molar-refractivity contribution in [3.8, 4) is 0 Å². The standard InChI is InChI=1S/C21H30N2O3/c1-21(23-11-5-6-12-23)9-13-22(14-10-21)20(24)19-18(25-15-16-26-19)17-7-3-2-4-8-17/h2-4,7-8,18-19H,5-6,9-16H2,1H3/t18-,19-/m1/s1. The van der Waals surface area contributed by atoms with Gasteiger partial charge in [-0.3, -0.25) is 9.69 Å². The third kappa shape index (κ3) is 3.53. The van der Waals surface area contributed by atoms with Gasteiger partial charge < -0.3 is 14.4 Å². The maximum absolute atomic E-state index is 13.2. The van der Waals surface area contributed by atoms with Gasteiger partial charge in [-0.2, -0.15) is 0 Å². The zero-order chi connectivity index (χ0) is 18.0. The lowest BCUT2D eigenvalue weighted by Crippen LogP contribution is -2.56. The molecule has 0 radical (unpaired) electrons. The zero-order valence-electron chi connectivity index (χ0n) is 15.7. The van der Waals surface area contributed by atoms with Crippen LogP contribution in [0, 0.1) is 0 Å². The first-order valence-corrected chi connectivity index (χ1v) is 9.99. The normalized spacial score (nSPS) is 29.7. The zero-order valence-corrected chi connectivity index (χ0v) is 15.7. The van der Waals surface area contributed by atoms with Crippen LogP contribution in [0.4, 0.5) is 0 Å². The van der Waals surface area contributed by atoms with Gasteiger partial charge in [0.2, 0.25) is 0 Å². The van der Waals surface area contributed by atoms with Crippen molar-refractivity contribution in [2.45, 2.75) is 50.4 Å². The van der Waals surface area contributed by atoms with Crippen LogP contribution < -0.4 is 0 Å². The van der Waals surface area contributed by atoms with E-state index in [4.69, 9.17) is 9.47 Å². The third-order valence-electron chi connectivity index (χ3n) is 6.35. The number of rotatable bonds is 3. The fourth-order valence-electron chi connectivity index (χ4n) is 4.60. The Morgan fingerprint density at radius 2 is 1.65 bits per heavy atom. The molecule has 26 heavy (non-hydrogen) atoms. The molecule has 4 rings (SSSR count). The van der Waals surface area contributed by atoms with Gasteiger partial charge in [0, 0.05) is 18.6 Å². The molecule has 3 fully saturated rings. The predicted octanol–water partition coefficient (Wildman–Crippen LogP) is 2.62. The molecule has 1 aromatic carbocycles. The van der Waals surface area contributed by atoms with Gasteiger partial charge in [-0.1, -0.05) is 30.3 Å². The van der Waals surface area contributed by atoms with Gasteiger partial charge in [0.1, 0.15) is 6.10 Å². The lowest BCUT2D eigenvalue weighted by atomic mass is 9.87. The number of piperidine rings is 1. The summed E-state index contributed by atoms with van der Waals surface area (Å²) in [6, 6.07) is 9.98. The highest BCUT2D eigenvalue weighted by molar-refractivity contribution is 5.82. The van der Waals surface area contributed by atoms with E-state index >= 15 is 0 Å². The van der Waals surface area contributed by atoms with Crippen molar-refractivity contribution in [1.82, 2.24) is 9.80 Å². The summed E-state index contributed by atoms with van der Waals surface area (Å²) in [5.41, 5.74) is 1.26. The average molecular weight is 358 g/mol. The topological polar surface area (TPSA) is 42.0 Å². The quantitative estimate of drug-likeness (QED) is 0.833. The van der Waals surface area contributed by atoms with Crippen molar-refractivity contribution in [3.05, 3.63) is 35.9 Å². The minimum atomic E-state index is -0.526. The number of carbonyl (C=O) groups is 1. The van der Waals surface area contributed by atoms with E-state index in [0.29, 0.717) is 13.2 Å². The molecule has 0 aliphatic carbocycles. The summed E-state index contributed by atoms with van der Waals surface area (Å²) in [6.07, 6.45) is 3.88. The maximum atomic E-state index is 13.2. The molecule has 1 amide bonds. The Labute approximate surface area is 156 Å². The van der Waals surface area contributed by atoms with Crippen LogP contribution in [-0.2, 0) is 14.3 Å². The molecule has 5 nitrogen and oxygen atoms in total. The van der Waals surface area contributed by atoms with E-state index in [1.807, 2.05) is 35.2 Å². The van der Waals surface area contributed by atoms with Gasteiger partial charge in [0.15, 0.2) is 6.10 Å². The van der Waals surface area contributed by atoms with Crippen LogP contribution in [0.1, 0.15) is 44.3 Å². The SMILES string of the molecule is CC1(N2CCCC2)CCN(C(=O)[C@@H]2OCCO[C@@H]2c2ccccc2)CC1. The van der Waals surface area contributed by atoms with Crippen LogP contribution in [0.2, 0.25) is 0 Å². The summed E-state index contributed by atoms with van der Waals surface area (Å²) in [4.78, 5) is 17.8. The highest BCUT2D eigenvalue weighted by Crippen LogP contribution is 2.33. The van der Waals surface area contributed by atoms with E-state index in [1.165, 1.54) is 25.9 Å². The smallest absolute Gasteiger partial charge is 0.254 e. The van der Waals surface area contributed by atoms with Crippen molar-refractivity contribution >= 4 is 5.91 Å². The highest BCUT2D eigenvalue weighted by Gasteiger charge is 2.42. The lowest BCUT2D eigenvalue weighted by Gasteiger charge is -2.46. The van der Waals surface area contributed by atoms with Gasteiger partial charge in [0.05, 0.1) is 13.2 Å². The molecule has 1 aromatic rings. The van der Waals surface area contributed by atoms with E-state index in [0.717, 1.165) is 31.5 Å². The summed E-state index contributed by atoms with van der Waals surface area (Å²) >= 11 is 0.